The third-order valence-electron chi connectivity index (χ3n) is 5.07. The van der Waals surface area contributed by atoms with Gasteiger partial charge in [-0.05, 0) is 40.5 Å². The minimum Gasteiger partial charge on any atom is -0.444 e. The molecule has 170 valence electrons. The number of anilines is 2. The first-order chi connectivity index (χ1) is 14.6. The summed E-state index contributed by atoms with van der Waals surface area (Å²) in [5, 5.41) is 7.03. The lowest BCUT2D eigenvalue weighted by Crippen LogP contribution is -2.49. The zero-order valence-electron chi connectivity index (χ0n) is 18.5. The number of nitrogens with one attached hydrogen (secondary N) is 3. The van der Waals surface area contributed by atoms with Gasteiger partial charge in [-0.3, -0.25) is 4.79 Å². The number of hydrogen-bond acceptors (Lipinski definition) is 6. The SMILES string of the molecule is CO[C@@H](C)C(=O)Nc1c[nH]c2ncc(Cl)c(N3CCC[C@@H](NC(=O)OC(C)(C)C)C3)c12. The summed E-state index contributed by atoms with van der Waals surface area (Å²) in [7, 11) is 1.48. The van der Waals surface area contributed by atoms with E-state index in [4.69, 9.17) is 21.1 Å². The van der Waals surface area contributed by atoms with Gasteiger partial charge in [-0.1, -0.05) is 11.6 Å². The molecule has 3 heterocycles. The van der Waals surface area contributed by atoms with Crippen molar-refractivity contribution >= 4 is 46.0 Å². The number of amides is 2. The van der Waals surface area contributed by atoms with Crippen LogP contribution in [-0.4, -0.2) is 59.9 Å². The quantitative estimate of drug-likeness (QED) is 0.639. The Kier molecular flexibility index (Phi) is 6.96. The van der Waals surface area contributed by atoms with Crippen molar-refractivity contribution in [2.24, 2.45) is 0 Å². The number of alkyl carbamates (subject to hydrolysis) is 1. The molecule has 2 aromatic heterocycles. The second kappa shape index (κ2) is 9.32. The molecule has 0 saturated carbocycles. The van der Waals surface area contributed by atoms with E-state index in [0.717, 1.165) is 30.5 Å². The minimum absolute atomic E-state index is 0.0895. The highest BCUT2D eigenvalue weighted by Crippen LogP contribution is 2.38. The molecular formula is C21H30ClN5O4. The van der Waals surface area contributed by atoms with Gasteiger partial charge in [0.05, 0.1) is 28.0 Å². The summed E-state index contributed by atoms with van der Waals surface area (Å²) < 4.78 is 10.5. The molecule has 0 spiro atoms. The van der Waals surface area contributed by atoms with E-state index in [9.17, 15) is 9.59 Å². The summed E-state index contributed by atoms with van der Waals surface area (Å²) in [4.78, 5) is 34.1. The summed E-state index contributed by atoms with van der Waals surface area (Å²) in [5.74, 6) is -0.266. The molecule has 2 atom stereocenters. The fourth-order valence-corrected chi connectivity index (χ4v) is 3.84. The highest BCUT2D eigenvalue weighted by atomic mass is 35.5. The van der Waals surface area contributed by atoms with Crippen molar-refractivity contribution in [1.29, 1.82) is 0 Å². The molecule has 10 heteroatoms. The molecule has 0 aliphatic carbocycles. The van der Waals surface area contributed by atoms with Gasteiger partial charge in [0.2, 0.25) is 0 Å². The number of ether oxygens (including phenoxy) is 2. The zero-order valence-corrected chi connectivity index (χ0v) is 19.3. The van der Waals surface area contributed by atoms with E-state index in [0.29, 0.717) is 22.9 Å². The second-order valence-corrected chi connectivity index (χ2v) is 9.09. The average Bonchev–Trinajstić information content (AvgIpc) is 3.08. The molecule has 3 rings (SSSR count). The second-order valence-electron chi connectivity index (χ2n) is 8.68. The molecule has 0 unspecified atom stereocenters. The summed E-state index contributed by atoms with van der Waals surface area (Å²) in [6, 6.07) is -0.0895. The van der Waals surface area contributed by atoms with Crippen LogP contribution in [0.2, 0.25) is 5.02 Å². The van der Waals surface area contributed by atoms with Gasteiger partial charge in [0.15, 0.2) is 0 Å². The minimum atomic E-state index is -0.599. The molecule has 1 aliphatic rings. The van der Waals surface area contributed by atoms with Crippen LogP contribution in [0.3, 0.4) is 0 Å². The predicted octanol–water partition coefficient (Wildman–Crippen LogP) is 3.68. The smallest absolute Gasteiger partial charge is 0.407 e. The first kappa shape index (κ1) is 23.1. The highest BCUT2D eigenvalue weighted by Gasteiger charge is 2.28. The molecule has 1 fully saturated rings. The van der Waals surface area contributed by atoms with Crippen LogP contribution in [0.25, 0.3) is 11.0 Å². The average molecular weight is 452 g/mol. The largest absolute Gasteiger partial charge is 0.444 e. The number of rotatable bonds is 5. The molecule has 31 heavy (non-hydrogen) atoms. The Bertz CT molecular complexity index is 955. The third-order valence-corrected chi connectivity index (χ3v) is 5.35. The number of methoxy groups -OCH3 is 1. The van der Waals surface area contributed by atoms with Crippen LogP contribution in [0.15, 0.2) is 12.4 Å². The van der Waals surface area contributed by atoms with Gasteiger partial charge in [-0.25, -0.2) is 9.78 Å². The summed E-state index contributed by atoms with van der Waals surface area (Å²) in [6.07, 6.45) is 3.95. The number of carbonyl (C=O) groups excluding carboxylic acids is 2. The Balaban J connectivity index is 1.85. The zero-order chi connectivity index (χ0) is 22.8. The number of fused-ring (bicyclic) bond motifs is 1. The van der Waals surface area contributed by atoms with Crippen LogP contribution >= 0.6 is 11.6 Å². The molecule has 0 aromatic carbocycles. The molecule has 1 saturated heterocycles. The number of halogens is 1. The summed E-state index contributed by atoms with van der Waals surface area (Å²) >= 11 is 6.56. The summed E-state index contributed by atoms with van der Waals surface area (Å²) in [6.45, 7) is 8.50. The van der Waals surface area contributed by atoms with E-state index in [1.54, 1.807) is 19.3 Å². The number of pyridine rings is 1. The first-order valence-electron chi connectivity index (χ1n) is 10.3. The number of piperidine rings is 1. The van der Waals surface area contributed by atoms with Crippen molar-refractivity contribution in [3.05, 3.63) is 17.4 Å². The fraction of sp³-hybridized carbons (Fsp3) is 0.571. The van der Waals surface area contributed by atoms with Gasteiger partial charge in [-0.15, -0.1) is 0 Å². The van der Waals surface area contributed by atoms with E-state index in [2.05, 4.69) is 25.5 Å². The van der Waals surface area contributed by atoms with Crippen LogP contribution in [0.4, 0.5) is 16.2 Å². The molecule has 1 aliphatic heterocycles. The van der Waals surface area contributed by atoms with Gasteiger partial charge >= 0.3 is 6.09 Å². The Hall–Kier alpha value is -2.52. The maximum Gasteiger partial charge on any atom is 0.407 e. The van der Waals surface area contributed by atoms with Gasteiger partial charge in [0, 0.05) is 32.4 Å². The molecule has 0 bridgehead atoms. The van der Waals surface area contributed by atoms with Gasteiger partial charge < -0.3 is 30.0 Å². The van der Waals surface area contributed by atoms with Gasteiger partial charge in [-0.2, -0.15) is 0 Å². The van der Waals surface area contributed by atoms with E-state index in [1.165, 1.54) is 7.11 Å². The Morgan fingerprint density at radius 3 is 2.81 bits per heavy atom. The first-order valence-corrected chi connectivity index (χ1v) is 10.7. The van der Waals surface area contributed by atoms with E-state index < -0.39 is 17.8 Å². The number of aromatic nitrogens is 2. The number of carbonyl (C=O) groups is 2. The van der Waals surface area contributed by atoms with Crippen LogP contribution in [0, 0.1) is 0 Å². The van der Waals surface area contributed by atoms with E-state index >= 15 is 0 Å². The fourth-order valence-electron chi connectivity index (χ4n) is 3.58. The lowest BCUT2D eigenvalue weighted by atomic mass is 10.0. The molecular weight excluding hydrogens is 422 g/mol. The standard InChI is InChI=1S/C21H30ClN5O4/c1-12(30-5)19(28)26-15-10-24-18-16(15)17(14(22)9-23-18)27-8-6-7-13(11-27)25-20(29)31-21(2,3)4/h9-10,12-13H,6-8,11H2,1-5H3,(H,23,24)(H,25,29)(H,26,28)/t12-,13+/m0/s1. The number of hydrogen-bond donors (Lipinski definition) is 3. The number of H-pyrrole nitrogens is 1. The van der Waals surface area contributed by atoms with Crippen molar-refractivity contribution in [2.75, 3.05) is 30.4 Å². The van der Waals surface area contributed by atoms with Gasteiger partial charge in [0.1, 0.15) is 17.4 Å². The molecule has 9 nitrogen and oxygen atoms in total. The Labute approximate surface area is 186 Å². The molecule has 3 N–H and O–H groups in total. The number of aromatic amines is 1. The topological polar surface area (TPSA) is 109 Å². The maximum absolute atomic E-state index is 12.4. The van der Waals surface area contributed by atoms with Crippen molar-refractivity contribution in [2.45, 2.75) is 58.3 Å². The van der Waals surface area contributed by atoms with Crippen molar-refractivity contribution < 1.29 is 19.1 Å². The van der Waals surface area contributed by atoms with Crippen molar-refractivity contribution in [1.82, 2.24) is 15.3 Å². The highest BCUT2D eigenvalue weighted by molar-refractivity contribution is 6.35. The Morgan fingerprint density at radius 1 is 1.39 bits per heavy atom. The third kappa shape index (κ3) is 5.59. The van der Waals surface area contributed by atoms with E-state index in [-0.39, 0.29) is 11.9 Å². The molecule has 0 radical (unpaired) electrons. The lowest BCUT2D eigenvalue weighted by molar-refractivity contribution is -0.124. The number of nitrogens with zero attached hydrogens (tertiary/aromatic N) is 2. The van der Waals surface area contributed by atoms with E-state index in [1.807, 2.05) is 20.8 Å². The molecule has 2 amide bonds. The monoisotopic (exact) mass is 451 g/mol. The predicted molar refractivity (Wildman–Crippen MR) is 121 cm³/mol. The van der Waals surface area contributed by atoms with Crippen LogP contribution in [0.5, 0.6) is 0 Å². The van der Waals surface area contributed by atoms with Crippen LogP contribution < -0.4 is 15.5 Å². The lowest BCUT2D eigenvalue weighted by Gasteiger charge is -2.36. The van der Waals surface area contributed by atoms with Crippen molar-refractivity contribution in [3.8, 4) is 0 Å². The van der Waals surface area contributed by atoms with Crippen LogP contribution in [-0.2, 0) is 14.3 Å². The molecule has 2 aromatic rings. The maximum atomic E-state index is 12.4. The van der Waals surface area contributed by atoms with Crippen molar-refractivity contribution in [3.63, 3.8) is 0 Å². The Morgan fingerprint density at radius 2 is 2.13 bits per heavy atom. The van der Waals surface area contributed by atoms with Gasteiger partial charge in [0.25, 0.3) is 5.91 Å². The van der Waals surface area contributed by atoms with Crippen LogP contribution in [0.1, 0.15) is 40.5 Å². The normalized spacial score (nSPS) is 18.0. The summed E-state index contributed by atoms with van der Waals surface area (Å²) in [5.41, 5.74) is 1.40.